The summed E-state index contributed by atoms with van der Waals surface area (Å²) in [6.45, 7) is 0.287. The molecule has 0 fully saturated rings. The van der Waals surface area contributed by atoms with Crippen LogP contribution in [-0.2, 0) is 6.54 Å². The molecule has 1 aromatic heterocycles. The van der Waals surface area contributed by atoms with Crippen LogP contribution in [0.25, 0.3) is 0 Å². The van der Waals surface area contributed by atoms with Gasteiger partial charge in [0, 0.05) is 18.3 Å². The highest BCUT2D eigenvalue weighted by molar-refractivity contribution is 5.85. The summed E-state index contributed by atoms with van der Waals surface area (Å²) in [5.41, 5.74) is 0.628. The van der Waals surface area contributed by atoms with Crippen molar-refractivity contribution in [1.29, 1.82) is 0 Å². The number of rotatable bonds is 4. The Morgan fingerprint density at radius 3 is 2.83 bits per heavy atom. The fraction of sp³-hybridized carbons (Fsp3) is 0.0909. The van der Waals surface area contributed by atoms with Gasteiger partial charge in [-0.3, -0.25) is 14.8 Å². The molecule has 0 atom stereocenters. The fourth-order valence-corrected chi connectivity index (χ4v) is 1.52. The zero-order valence-corrected chi connectivity index (χ0v) is 9.18. The van der Waals surface area contributed by atoms with Gasteiger partial charge < -0.3 is 5.11 Å². The molecule has 7 heteroatoms. The molecule has 1 N–H and O–H groups in total. The standard InChI is InChI=1S/C11H9N3O4/c15-11(16)10-4-5-13(12-10)7-8-2-1-3-9(6-8)14(17)18/h1-6H,7H2,(H,15,16). The van der Waals surface area contributed by atoms with Crippen LogP contribution in [0.5, 0.6) is 0 Å². The van der Waals surface area contributed by atoms with Crippen molar-refractivity contribution in [2.75, 3.05) is 0 Å². The fourth-order valence-electron chi connectivity index (χ4n) is 1.52. The van der Waals surface area contributed by atoms with Gasteiger partial charge in [0.2, 0.25) is 0 Å². The first-order valence-electron chi connectivity index (χ1n) is 5.06. The number of benzene rings is 1. The van der Waals surface area contributed by atoms with Gasteiger partial charge in [0.05, 0.1) is 11.5 Å². The molecule has 0 unspecified atom stereocenters. The second-order valence-corrected chi connectivity index (χ2v) is 3.63. The van der Waals surface area contributed by atoms with Gasteiger partial charge in [0.15, 0.2) is 5.69 Å². The Balaban J connectivity index is 2.20. The Bertz CT molecular complexity index is 606. The molecule has 0 saturated carbocycles. The van der Waals surface area contributed by atoms with Crippen molar-refractivity contribution >= 4 is 11.7 Å². The molecule has 1 heterocycles. The van der Waals surface area contributed by atoms with E-state index in [0.29, 0.717) is 5.56 Å². The average Bonchev–Trinajstić information content (AvgIpc) is 2.78. The minimum Gasteiger partial charge on any atom is -0.476 e. The van der Waals surface area contributed by atoms with E-state index < -0.39 is 10.9 Å². The van der Waals surface area contributed by atoms with Gasteiger partial charge in [0.1, 0.15) is 0 Å². The first-order chi connectivity index (χ1) is 8.56. The van der Waals surface area contributed by atoms with Crippen molar-refractivity contribution in [2.24, 2.45) is 0 Å². The van der Waals surface area contributed by atoms with Crippen molar-refractivity contribution in [1.82, 2.24) is 9.78 Å². The molecular weight excluding hydrogens is 238 g/mol. The third-order valence-electron chi connectivity index (χ3n) is 2.33. The number of aromatic nitrogens is 2. The number of hydrogen-bond acceptors (Lipinski definition) is 4. The molecule has 1 aromatic carbocycles. The molecule has 0 spiro atoms. The normalized spacial score (nSPS) is 10.2. The summed E-state index contributed by atoms with van der Waals surface area (Å²) in [6.07, 6.45) is 1.52. The lowest BCUT2D eigenvalue weighted by Gasteiger charge is -2.01. The number of aromatic carboxylic acids is 1. The van der Waals surface area contributed by atoms with Crippen LogP contribution in [-0.4, -0.2) is 25.8 Å². The van der Waals surface area contributed by atoms with E-state index in [1.807, 2.05) is 0 Å². The predicted molar refractivity (Wildman–Crippen MR) is 61.4 cm³/mol. The molecule has 0 amide bonds. The lowest BCUT2D eigenvalue weighted by Crippen LogP contribution is -2.04. The predicted octanol–water partition coefficient (Wildman–Crippen LogP) is 1.54. The van der Waals surface area contributed by atoms with Crippen molar-refractivity contribution in [2.45, 2.75) is 6.54 Å². The molecule has 2 rings (SSSR count). The Morgan fingerprint density at radius 1 is 1.44 bits per heavy atom. The number of nitro benzene ring substituents is 1. The number of non-ortho nitro benzene ring substituents is 1. The highest BCUT2D eigenvalue weighted by atomic mass is 16.6. The third-order valence-corrected chi connectivity index (χ3v) is 2.33. The first-order valence-corrected chi connectivity index (χ1v) is 5.06. The lowest BCUT2D eigenvalue weighted by molar-refractivity contribution is -0.384. The van der Waals surface area contributed by atoms with Crippen LogP contribution in [0.4, 0.5) is 5.69 Å². The van der Waals surface area contributed by atoms with Crippen molar-refractivity contribution in [3.05, 3.63) is 57.9 Å². The van der Waals surface area contributed by atoms with Gasteiger partial charge in [-0.2, -0.15) is 5.10 Å². The van der Waals surface area contributed by atoms with E-state index in [4.69, 9.17) is 5.11 Å². The van der Waals surface area contributed by atoms with E-state index in [0.717, 1.165) is 0 Å². The quantitative estimate of drug-likeness (QED) is 0.652. The van der Waals surface area contributed by atoms with Crippen LogP contribution in [0.3, 0.4) is 0 Å². The second-order valence-electron chi connectivity index (χ2n) is 3.63. The van der Waals surface area contributed by atoms with E-state index >= 15 is 0 Å². The third kappa shape index (κ3) is 2.51. The molecule has 7 nitrogen and oxygen atoms in total. The molecule has 92 valence electrons. The molecule has 0 aliphatic carbocycles. The van der Waals surface area contributed by atoms with Crippen LogP contribution in [0.2, 0.25) is 0 Å². The van der Waals surface area contributed by atoms with Crippen LogP contribution >= 0.6 is 0 Å². The molecule has 0 radical (unpaired) electrons. The maximum absolute atomic E-state index is 10.6. The van der Waals surface area contributed by atoms with Crippen molar-refractivity contribution < 1.29 is 14.8 Å². The van der Waals surface area contributed by atoms with Crippen molar-refractivity contribution in [3.63, 3.8) is 0 Å². The van der Waals surface area contributed by atoms with Crippen LogP contribution < -0.4 is 0 Å². The summed E-state index contributed by atoms with van der Waals surface area (Å²) in [7, 11) is 0. The lowest BCUT2D eigenvalue weighted by atomic mass is 10.2. The molecule has 2 aromatic rings. The van der Waals surface area contributed by atoms with Gasteiger partial charge in [-0.25, -0.2) is 4.79 Å². The van der Waals surface area contributed by atoms with E-state index in [-0.39, 0.29) is 17.9 Å². The summed E-state index contributed by atoms with van der Waals surface area (Å²) in [6, 6.07) is 7.50. The number of nitro groups is 1. The summed E-state index contributed by atoms with van der Waals surface area (Å²) < 4.78 is 1.42. The molecule has 0 aliphatic rings. The molecule has 0 aliphatic heterocycles. The minimum atomic E-state index is -1.10. The highest BCUT2D eigenvalue weighted by Gasteiger charge is 2.09. The van der Waals surface area contributed by atoms with Gasteiger partial charge in [-0.1, -0.05) is 12.1 Å². The van der Waals surface area contributed by atoms with Gasteiger partial charge in [0.25, 0.3) is 5.69 Å². The topological polar surface area (TPSA) is 98.3 Å². The van der Waals surface area contributed by atoms with Crippen LogP contribution in [0.15, 0.2) is 36.5 Å². The van der Waals surface area contributed by atoms with E-state index in [1.54, 1.807) is 12.1 Å². The number of carbonyl (C=O) groups is 1. The molecule has 0 saturated heterocycles. The SMILES string of the molecule is O=C(O)c1ccn(Cc2cccc([N+](=O)[O-])c2)n1. The van der Waals surface area contributed by atoms with Gasteiger partial charge in [-0.05, 0) is 11.6 Å². The summed E-state index contributed by atoms with van der Waals surface area (Å²) >= 11 is 0. The van der Waals surface area contributed by atoms with Gasteiger partial charge in [-0.15, -0.1) is 0 Å². The average molecular weight is 247 g/mol. The second kappa shape index (κ2) is 4.66. The Kier molecular flexibility index (Phi) is 3.05. The van der Waals surface area contributed by atoms with Crippen LogP contribution in [0.1, 0.15) is 16.1 Å². The number of nitrogens with zero attached hydrogens (tertiary/aromatic N) is 3. The van der Waals surface area contributed by atoms with E-state index in [2.05, 4.69) is 5.10 Å². The van der Waals surface area contributed by atoms with E-state index in [9.17, 15) is 14.9 Å². The minimum absolute atomic E-state index is 0.00175. The number of hydrogen-bond donors (Lipinski definition) is 1. The summed E-state index contributed by atoms with van der Waals surface area (Å²) in [5.74, 6) is -1.10. The van der Waals surface area contributed by atoms with Gasteiger partial charge >= 0.3 is 5.97 Å². The monoisotopic (exact) mass is 247 g/mol. The highest BCUT2D eigenvalue weighted by Crippen LogP contribution is 2.14. The number of carboxylic acid groups (broad SMARTS) is 1. The smallest absolute Gasteiger partial charge is 0.356 e. The summed E-state index contributed by atoms with van der Waals surface area (Å²) in [4.78, 5) is 20.8. The maximum atomic E-state index is 10.6. The Morgan fingerprint density at radius 2 is 2.22 bits per heavy atom. The Hall–Kier alpha value is -2.70. The summed E-state index contributed by atoms with van der Waals surface area (Å²) in [5, 5.41) is 23.1. The maximum Gasteiger partial charge on any atom is 0.356 e. The molecule has 18 heavy (non-hydrogen) atoms. The zero-order valence-electron chi connectivity index (χ0n) is 9.18. The number of carboxylic acids is 1. The van der Waals surface area contributed by atoms with Crippen LogP contribution in [0, 0.1) is 10.1 Å². The van der Waals surface area contributed by atoms with E-state index in [1.165, 1.54) is 29.1 Å². The molecule has 0 bridgehead atoms. The molecular formula is C11H9N3O4. The zero-order chi connectivity index (χ0) is 13.1. The van der Waals surface area contributed by atoms with Crippen molar-refractivity contribution in [3.8, 4) is 0 Å². The largest absolute Gasteiger partial charge is 0.476 e. The first kappa shape index (κ1) is 11.8. The Labute approximate surface area is 101 Å².